The summed E-state index contributed by atoms with van der Waals surface area (Å²) in [6.45, 7) is 2.06. The second-order valence-corrected chi connectivity index (χ2v) is 5.45. The summed E-state index contributed by atoms with van der Waals surface area (Å²) in [4.78, 5) is 2.40. The molecule has 1 aliphatic rings. The van der Waals surface area contributed by atoms with Crippen molar-refractivity contribution in [3.63, 3.8) is 0 Å². The molecule has 103 valence electrons. The lowest BCUT2D eigenvalue weighted by atomic mass is 10.1. The molecule has 1 fully saturated rings. The molecule has 1 saturated heterocycles. The standard InChI is InChI=1S/C17H17ClNO/c18-14-6-8-16(9-7-14)20-17-10-12-19(13-11-17)15-4-2-1-3-5-15/h2-9,17H,10-13H2. The molecule has 2 aromatic rings. The van der Waals surface area contributed by atoms with E-state index < -0.39 is 0 Å². The number of rotatable bonds is 3. The highest BCUT2D eigenvalue weighted by molar-refractivity contribution is 6.30. The van der Waals surface area contributed by atoms with E-state index in [2.05, 4.69) is 23.1 Å². The average Bonchev–Trinajstić information content (AvgIpc) is 2.51. The highest BCUT2D eigenvalue weighted by Gasteiger charge is 2.20. The molecule has 0 atom stereocenters. The van der Waals surface area contributed by atoms with Gasteiger partial charge in [0.05, 0.1) is 0 Å². The average molecular weight is 287 g/mol. The van der Waals surface area contributed by atoms with Crippen LogP contribution in [0.25, 0.3) is 0 Å². The van der Waals surface area contributed by atoms with E-state index in [9.17, 15) is 0 Å². The number of piperidine rings is 1. The van der Waals surface area contributed by atoms with Crippen LogP contribution < -0.4 is 9.64 Å². The third-order valence-corrected chi connectivity index (χ3v) is 3.88. The zero-order valence-corrected chi connectivity index (χ0v) is 12.0. The van der Waals surface area contributed by atoms with Crippen LogP contribution in [0.5, 0.6) is 5.75 Å². The normalized spacial score (nSPS) is 16.1. The molecule has 0 N–H and O–H groups in total. The molecule has 3 heteroatoms. The number of benzene rings is 2. The first-order chi connectivity index (χ1) is 9.81. The van der Waals surface area contributed by atoms with E-state index in [0.717, 1.165) is 36.7 Å². The Morgan fingerprint density at radius 2 is 1.65 bits per heavy atom. The van der Waals surface area contributed by atoms with Gasteiger partial charge in [-0.3, -0.25) is 0 Å². The Balaban J connectivity index is 1.55. The lowest BCUT2D eigenvalue weighted by Gasteiger charge is -2.33. The zero-order chi connectivity index (χ0) is 13.8. The molecule has 1 heterocycles. The van der Waals surface area contributed by atoms with Gasteiger partial charge in [-0.2, -0.15) is 0 Å². The van der Waals surface area contributed by atoms with Gasteiger partial charge >= 0.3 is 0 Å². The highest BCUT2D eigenvalue weighted by Crippen LogP contribution is 2.23. The van der Waals surface area contributed by atoms with Gasteiger partial charge in [-0.15, -0.1) is 0 Å². The number of hydrogen-bond donors (Lipinski definition) is 0. The van der Waals surface area contributed by atoms with E-state index in [1.807, 2.05) is 36.4 Å². The van der Waals surface area contributed by atoms with Gasteiger partial charge in [0.2, 0.25) is 0 Å². The summed E-state index contributed by atoms with van der Waals surface area (Å²) in [6, 6.07) is 18.8. The maximum Gasteiger partial charge on any atom is 0.119 e. The maximum absolute atomic E-state index is 6.00. The van der Waals surface area contributed by atoms with Crippen molar-refractivity contribution in [2.24, 2.45) is 0 Å². The van der Waals surface area contributed by atoms with E-state index in [-0.39, 0.29) is 0 Å². The molecule has 20 heavy (non-hydrogen) atoms. The third-order valence-electron chi connectivity index (χ3n) is 3.62. The van der Waals surface area contributed by atoms with Crippen molar-refractivity contribution in [2.45, 2.75) is 18.9 Å². The minimum absolute atomic E-state index is 0.294. The third kappa shape index (κ3) is 3.26. The smallest absolute Gasteiger partial charge is 0.119 e. The first-order valence-corrected chi connectivity index (χ1v) is 7.32. The molecule has 0 aliphatic carbocycles. The van der Waals surface area contributed by atoms with Gasteiger partial charge in [-0.05, 0) is 42.5 Å². The minimum Gasteiger partial charge on any atom is -0.490 e. The molecule has 0 spiro atoms. The number of halogens is 1. The van der Waals surface area contributed by atoms with E-state index in [0.29, 0.717) is 6.10 Å². The van der Waals surface area contributed by atoms with Gasteiger partial charge in [-0.1, -0.05) is 23.7 Å². The molecular weight excluding hydrogens is 270 g/mol. The van der Waals surface area contributed by atoms with Crippen molar-refractivity contribution in [2.75, 3.05) is 18.0 Å². The zero-order valence-electron chi connectivity index (χ0n) is 11.3. The number of hydrogen-bond acceptors (Lipinski definition) is 2. The van der Waals surface area contributed by atoms with Crippen LogP contribution in [0.15, 0.2) is 48.5 Å². The van der Waals surface area contributed by atoms with Crippen molar-refractivity contribution < 1.29 is 4.74 Å². The Kier molecular flexibility index (Phi) is 4.12. The fraction of sp³-hybridized carbons (Fsp3) is 0.294. The molecule has 2 aromatic carbocycles. The predicted octanol–water partition coefficient (Wildman–Crippen LogP) is 4.19. The number of anilines is 1. The van der Waals surface area contributed by atoms with Crippen LogP contribution in [0.1, 0.15) is 12.8 Å². The molecule has 2 nitrogen and oxygen atoms in total. The summed E-state index contributed by atoms with van der Waals surface area (Å²) >= 11 is 5.88. The van der Waals surface area contributed by atoms with Gasteiger partial charge in [0.25, 0.3) is 0 Å². The minimum atomic E-state index is 0.294. The van der Waals surface area contributed by atoms with E-state index in [1.54, 1.807) is 0 Å². The molecule has 0 bridgehead atoms. The van der Waals surface area contributed by atoms with Crippen LogP contribution in [-0.4, -0.2) is 19.2 Å². The number of ether oxygens (including phenoxy) is 1. The van der Waals surface area contributed by atoms with E-state index in [4.69, 9.17) is 16.3 Å². The summed E-state index contributed by atoms with van der Waals surface area (Å²) in [5, 5.41) is 0.744. The van der Waals surface area contributed by atoms with Crippen LogP contribution in [0.2, 0.25) is 5.02 Å². The van der Waals surface area contributed by atoms with Crippen LogP contribution in [-0.2, 0) is 0 Å². The summed E-state index contributed by atoms with van der Waals surface area (Å²) in [5.41, 5.74) is 1.27. The van der Waals surface area contributed by atoms with Crippen LogP contribution >= 0.6 is 11.6 Å². The Hall–Kier alpha value is -1.67. The van der Waals surface area contributed by atoms with E-state index in [1.165, 1.54) is 5.69 Å². The molecule has 0 saturated carbocycles. The first-order valence-electron chi connectivity index (χ1n) is 6.94. The largest absolute Gasteiger partial charge is 0.490 e. The molecule has 0 unspecified atom stereocenters. The van der Waals surface area contributed by atoms with Gasteiger partial charge in [-0.25, -0.2) is 0 Å². The predicted molar refractivity (Wildman–Crippen MR) is 82.6 cm³/mol. The maximum atomic E-state index is 6.00. The summed E-state index contributed by atoms with van der Waals surface area (Å²) in [6.07, 6.45) is 2.38. The van der Waals surface area contributed by atoms with Crippen molar-refractivity contribution in [1.29, 1.82) is 0 Å². The van der Waals surface area contributed by atoms with Crippen LogP contribution in [0.4, 0.5) is 5.69 Å². The number of nitrogens with zero attached hydrogens (tertiary/aromatic N) is 1. The Labute approximate surface area is 124 Å². The Morgan fingerprint density at radius 1 is 1.00 bits per heavy atom. The summed E-state index contributed by atoms with van der Waals surface area (Å²) < 4.78 is 6.00. The summed E-state index contributed by atoms with van der Waals surface area (Å²) in [5.74, 6) is 0.905. The molecule has 3 rings (SSSR count). The second kappa shape index (κ2) is 6.19. The van der Waals surface area contributed by atoms with Crippen molar-refractivity contribution in [3.05, 3.63) is 59.6 Å². The second-order valence-electron chi connectivity index (χ2n) is 5.02. The lowest BCUT2D eigenvalue weighted by molar-refractivity contribution is 0.171. The van der Waals surface area contributed by atoms with Crippen molar-refractivity contribution in [1.82, 2.24) is 0 Å². The van der Waals surface area contributed by atoms with Gasteiger partial charge in [0.15, 0.2) is 0 Å². The lowest BCUT2D eigenvalue weighted by Crippen LogP contribution is -2.38. The topological polar surface area (TPSA) is 12.5 Å². The van der Waals surface area contributed by atoms with Crippen molar-refractivity contribution >= 4 is 17.3 Å². The molecule has 0 aromatic heterocycles. The van der Waals surface area contributed by atoms with Crippen LogP contribution in [0, 0.1) is 6.07 Å². The van der Waals surface area contributed by atoms with E-state index >= 15 is 0 Å². The highest BCUT2D eigenvalue weighted by atomic mass is 35.5. The molecule has 1 radical (unpaired) electrons. The monoisotopic (exact) mass is 286 g/mol. The Bertz CT molecular complexity index is 533. The first kappa shape index (κ1) is 13.3. The van der Waals surface area contributed by atoms with Gasteiger partial charge in [0.1, 0.15) is 11.9 Å². The Morgan fingerprint density at radius 3 is 2.30 bits per heavy atom. The van der Waals surface area contributed by atoms with Crippen molar-refractivity contribution in [3.8, 4) is 5.75 Å². The molecule has 0 amide bonds. The van der Waals surface area contributed by atoms with Gasteiger partial charge in [0, 0.05) is 36.6 Å². The molecular formula is C17H17ClNO. The fourth-order valence-corrected chi connectivity index (χ4v) is 2.65. The SMILES string of the molecule is Clc1ccc(OC2CCN(c3cc[c]cc3)CC2)cc1. The quantitative estimate of drug-likeness (QED) is 0.839. The van der Waals surface area contributed by atoms with Crippen LogP contribution in [0.3, 0.4) is 0 Å². The summed E-state index contributed by atoms with van der Waals surface area (Å²) in [7, 11) is 0. The molecule has 1 aliphatic heterocycles. The fourth-order valence-electron chi connectivity index (χ4n) is 2.53. The van der Waals surface area contributed by atoms with Gasteiger partial charge < -0.3 is 9.64 Å².